The summed E-state index contributed by atoms with van der Waals surface area (Å²) in [5.41, 5.74) is 0.153. The van der Waals surface area contributed by atoms with Crippen molar-refractivity contribution in [2.75, 3.05) is 7.05 Å². The van der Waals surface area contributed by atoms with E-state index < -0.39 is 12.0 Å². The third-order valence-electron chi connectivity index (χ3n) is 3.43. The lowest BCUT2D eigenvalue weighted by molar-refractivity contribution is 0.0317. The SMILES string of the molecule is CNC(Cc1ccccc1)(c1ccccc1)C(F)F. The minimum absolute atomic E-state index is 0.256. The van der Waals surface area contributed by atoms with Crippen molar-refractivity contribution in [2.24, 2.45) is 0 Å². The van der Waals surface area contributed by atoms with Crippen LogP contribution < -0.4 is 5.32 Å². The van der Waals surface area contributed by atoms with Crippen molar-refractivity contribution in [3.05, 3.63) is 71.8 Å². The molecule has 0 saturated carbocycles. The Labute approximate surface area is 112 Å². The van der Waals surface area contributed by atoms with Crippen molar-refractivity contribution in [1.29, 1.82) is 0 Å². The van der Waals surface area contributed by atoms with E-state index in [2.05, 4.69) is 5.32 Å². The molecule has 19 heavy (non-hydrogen) atoms. The van der Waals surface area contributed by atoms with Crippen molar-refractivity contribution in [2.45, 2.75) is 18.4 Å². The number of hydrogen-bond donors (Lipinski definition) is 1. The van der Waals surface area contributed by atoms with Gasteiger partial charge in [0.05, 0.1) is 0 Å². The average molecular weight is 261 g/mol. The maximum absolute atomic E-state index is 13.7. The third kappa shape index (κ3) is 2.82. The van der Waals surface area contributed by atoms with Crippen LogP contribution in [0.25, 0.3) is 0 Å². The highest BCUT2D eigenvalue weighted by molar-refractivity contribution is 5.29. The number of halogens is 2. The first kappa shape index (κ1) is 13.7. The van der Waals surface area contributed by atoms with Crippen molar-refractivity contribution in [3.63, 3.8) is 0 Å². The Morgan fingerprint density at radius 3 is 1.95 bits per heavy atom. The Morgan fingerprint density at radius 1 is 0.947 bits per heavy atom. The Bertz CT molecular complexity index is 499. The van der Waals surface area contributed by atoms with E-state index in [9.17, 15) is 8.78 Å². The molecular weight excluding hydrogens is 244 g/mol. The second-order valence-electron chi connectivity index (χ2n) is 4.55. The molecule has 0 spiro atoms. The van der Waals surface area contributed by atoms with Crippen LogP contribution in [-0.2, 0) is 12.0 Å². The van der Waals surface area contributed by atoms with Crippen molar-refractivity contribution in [1.82, 2.24) is 5.32 Å². The predicted molar refractivity (Wildman–Crippen MR) is 73.3 cm³/mol. The summed E-state index contributed by atoms with van der Waals surface area (Å²) < 4.78 is 27.3. The van der Waals surface area contributed by atoms with E-state index in [1.807, 2.05) is 36.4 Å². The van der Waals surface area contributed by atoms with Crippen LogP contribution in [0.2, 0.25) is 0 Å². The summed E-state index contributed by atoms with van der Waals surface area (Å²) in [5, 5.41) is 2.83. The van der Waals surface area contributed by atoms with Crippen LogP contribution in [-0.4, -0.2) is 13.5 Å². The zero-order valence-corrected chi connectivity index (χ0v) is 10.8. The fraction of sp³-hybridized carbons (Fsp3) is 0.250. The second-order valence-corrected chi connectivity index (χ2v) is 4.55. The third-order valence-corrected chi connectivity index (χ3v) is 3.43. The molecule has 0 fully saturated rings. The van der Waals surface area contributed by atoms with Gasteiger partial charge in [0.1, 0.15) is 5.54 Å². The van der Waals surface area contributed by atoms with E-state index in [0.717, 1.165) is 5.56 Å². The van der Waals surface area contributed by atoms with Gasteiger partial charge in [0.25, 0.3) is 6.43 Å². The van der Waals surface area contributed by atoms with Gasteiger partial charge in [-0.15, -0.1) is 0 Å². The van der Waals surface area contributed by atoms with Gasteiger partial charge in [-0.3, -0.25) is 0 Å². The summed E-state index contributed by atoms with van der Waals surface area (Å²) >= 11 is 0. The first-order valence-electron chi connectivity index (χ1n) is 6.25. The van der Waals surface area contributed by atoms with Crippen LogP contribution in [0.5, 0.6) is 0 Å². The molecule has 2 aromatic rings. The normalized spacial score (nSPS) is 14.3. The standard InChI is InChI=1S/C16H17F2N/c1-19-16(15(17)18,14-10-6-3-7-11-14)12-13-8-4-2-5-9-13/h2-11,15,19H,12H2,1H3. The predicted octanol–water partition coefficient (Wildman–Crippen LogP) is 3.61. The Kier molecular flexibility index (Phi) is 4.27. The molecule has 1 unspecified atom stereocenters. The topological polar surface area (TPSA) is 12.0 Å². The molecule has 0 saturated heterocycles. The van der Waals surface area contributed by atoms with Crippen LogP contribution in [0.3, 0.4) is 0 Å². The molecule has 0 heterocycles. The van der Waals surface area contributed by atoms with E-state index in [4.69, 9.17) is 0 Å². The van der Waals surface area contributed by atoms with Gasteiger partial charge in [-0.05, 0) is 18.2 Å². The van der Waals surface area contributed by atoms with E-state index in [1.54, 1.807) is 31.3 Å². The Morgan fingerprint density at radius 2 is 1.47 bits per heavy atom. The summed E-state index contributed by atoms with van der Waals surface area (Å²) in [6, 6.07) is 18.3. The van der Waals surface area contributed by atoms with Crippen LogP contribution in [0, 0.1) is 0 Å². The maximum Gasteiger partial charge on any atom is 0.260 e. The monoisotopic (exact) mass is 261 g/mol. The zero-order valence-electron chi connectivity index (χ0n) is 10.8. The molecule has 0 aliphatic rings. The van der Waals surface area contributed by atoms with Gasteiger partial charge in [0.15, 0.2) is 0 Å². The number of likely N-dealkylation sites (N-methyl/N-ethyl adjacent to an activating group) is 1. The molecule has 0 radical (unpaired) electrons. The minimum atomic E-state index is -2.49. The molecule has 1 nitrogen and oxygen atoms in total. The van der Waals surface area contributed by atoms with Gasteiger partial charge in [-0.25, -0.2) is 8.78 Å². The summed E-state index contributed by atoms with van der Waals surface area (Å²) in [4.78, 5) is 0. The highest BCUT2D eigenvalue weighted by Gasteiger charge is 2.40. The lowest BCUT2D eigenvalue weighted by Crippen LogP contribution is -2.48. The summed E-state index contributed by atoms with van der Waals surface area (Å²) in [5.74, 6) is 0. The number of benzene rings is 2. The van der Waals surface area contributed by atoms with Gasteiger partial charge < -0.3 is 5.32 Å². The summed E-state index contributed by atoms with van der Waals surface area (Å²) in [6.45, 7) is 0. The zero-order chi connectivity index (χ0) is 13.7. The van der Waals surface area contributed by atoms with Gasteiger partial charge in [0.2, 0.25) is 0 Å². The van der Waals surface area contributed by atoms with Crippen molar-refractivity contribution in [3.8, 4) is 0 Å². The molecule has 0 aliphatic carbocycles. The van der Waals surface area contributed by atoms with E-state index in [-0.39, 0.29) is 6.42 Å². The molecule has 100 valence electrons. The first-order chi connectivity index (χ1) is 9.19. The minimum Gasteiger partial charge on any atom is -0.305 e. The maximum atomic E-state index is 13.7. The van der Waals surface area contributed by atoms with Gasteiger partial charge in [-0.2, -0.15) is 0 Å². The van der Waals surface area contributed by atoms with E-state index >= 15 is 0 Å². The second kappa shape index (κ2) is 5.93. The highest BCUT2D eigenvalue weighted by Crippen LogP contribution is 2.31. The van der Waals surface area contributed by atoms with Crippen LogP contribution in [0.4, 0.5) is 8.78 Å². The lowest BCUT2D eigenvalue weighted by atomic mass is 9.84. The lowest BCUT2D eigenvalue weighted by Gasteiger charge is -2.33. The summed E-state index contributed by atoms with van der Waals surface area (Å²) in [6.07, 6.45) is -2.23. The quantitative estimate of drug-likeness (QED) is 0.867. The molecule has 3 heteroatoms. The van der Waals surface area contributed by atoms with Crippen molar-refractivity contribution < 1.29 is 8.78 Å². The molecule has 0 aliphatic heterocycles. The average Bonchev–Trinajstić information content (AvgIpc) is 2.46. The molecule has 0 aromatic heterocycles. The molecule has 2 aromatic carbocycles. The molecule has 0 amide bonds. The Balaban J connectivity index is 2.41. The van der Waals surface area contributed by atoms with Gasteiger partial charge in [-0.1, -0.05) is 60.7 Å². The molecule has 1 N–H and O–H groups in total. The first-order valence-corrected chi connectivity index (χ1v) is 6.25. The fourth-order valence-corrected chi connectivity index (χ4v) is 2.30. The van der Waals surface area contributed by atoms with Crippen LogP contribution >= 0.6 is 0 Å². The van der Waals surface area contributed by atoms with Gasteiger partial charge in [0, 0.05) is 6.42 Å². The number of rotatable bonds is 5. The largest absolute Gasteiger partial charge is 0.305 e. The molecule has 0 bridgehead atoms. The molecule has 2 rings (SSSR count). The van der Waals surface area contributed by atoms with Gasteiger partial charge >= 0.3 is 0 Å². The fourth-order valence-electron chi connectivity index (χ4n) is 2.30. The Hall–Kier alpha value is -1.74. The number of alkyl halides is 2. The number of hydrogen-bond acceptors (Lipinski definition) is 1. The molecule has 1 atom stereocenters. The smallest absolute Gasteiger partial charge is 0.260 e. The van der Waals surface area contributed by atoms with E-state index in [0.29, 0.717) is 5.56 Å². The highest BCUT2D eigenvalue weighted by atomic mass is 19.3. The van der Waals surface area contributed by atoms with Crippen LogP contribution in [0.1, 0.15) is 11.1 Å². The molecular formula is C16H17F2N. The van der Waals surface area contributed by atoms with E-state index in [1.165, 1.54) is 0 Å². The van der Waals surface area contributed by atoms with Crippen LogP contribution in [0.15, 0.2) is 60.7 Å². The summed E-state index contributed by atoms with van der Waals surface area (Å²) in [7, 11) is 1.59. The van der Waals surface area contributed by atoms with Crippen molar-refractivity contribution >= 4 is 0 Å². The number of nitrogens with one attached hydrogen (secondary N) is 1.